The number of aryl methyl sites for hydroxylation is 1. The number of carbonyl (C=O) groups excluding carboxylic acids is 1. The van der Waals surface area contributed by atoms with E-state index < -0.39 is 0 Å². The molecule has 1 aromatic carbocycles. The number of benzene rings is 1. The Kier molecular flexibility index (Phi) is 3.10. The van der Waals surface area contributed by atoms with E-state index in [1.54, 1.807) is 0 Å². The molecule has 0 heterocycles. The third-order valence-corrected chi connectivity index (χ3v) is 1.54. The summed E-state index contributed by atoms with van der Waals surface area (Å²) >= 11 is 0. The van der Waals surface area contributed by atoms with Crippen molar-refractivity contribution in [2.24, 2.45) is 0 Å². The Labute approximate surface area is 72.4 Å². The zero-order valence-electron chi connectivity index (χ0n) is 7.00. The monoisotopic (exact) mass is 158 g/mol. The predicted octanol–water partition coefficient (Wildman–Crippen LogP) is 1.74. The first-order chi connectivity index (χ1) is 5.83. The molecule has 0 saturated carbocycles. The molecule has 1 heteroatoms. The fourth-order valence-electron chi connectivity index (χ4n) is 1.02. The van der Waals surface area contributed by atoms with Crippen molar-refractivity contribution in [1.29, 1.82) is 0 Å². The minimum atomic E-state index is 0.621. The normalized spacial score (nSPS) is 8.42. The molecular formula is C11H10O. The molecule has 1 rings (SSSR count). The van der Waals surface area contributed by atoms with E-state index in [1.807, 2.05) is 25.1 Å². The van der Waals surface area contributed by atoms with Crippen molar-refractivity contribution in [3.05, 3.63) is 35.4 Å². The lowest BCUT2D eigenvalue weighted by Gasteiger charge is -1.95. The zero-order chi connectivity index (χ0) is 8.81. The largest absolute Gasteiger partial charge is 0.289 e. The van der Waals surface area contributed by atoms with Crippen molar-refractivity contribution in [3.63, 3.8) is 0 Å². The molecule has 0 fully saturated rings. The van der Waals surface area contributed by atoms with E-state index in [2.05, 4.69) is 17.9 Å². The second kappa shape index (κ2) is 4.35. The number of carbonyl (C=O) groups is 1. The maximum Gasteiger partial charge on any atom is 0.192 e. The highest BCUT2D eigenvalue weighted by Gasteiger charge is 1.88. The molecular weight excluding hydrogens is 148 g/mol. The smallest absolute Gasteiger partial charge is 0.192 e. The average Bonchev–Trinajstić information content (AvgIpc) is 2.05. The SMILES string of the molecule is Cc1cccc(CC#CC=O)c1. The van der Waals surface area contributed by atoms with Crippen LogP contribution in [0.1, 0.15) is 11.1 Å². The maximum atomic E-state index is 9.89. The van der Waals surface area contributed by atoms with Crippen molar-refractivity contribution < 1.29 is 4.79 Å². The van der Waals surface area contributed by atoms with Crippen molar-refractivity contribution in [1.82, 2.24) is 0 Å². The highest BCUT2D eigenvalue weighted by Crippen LogP contribution is 2.03. The first-order valence-electron chi connectivity index (χ1n) is 3.80. The van der Waals surface area contributed by atoms with Crippen LogP contribution in [-0.4, -0.2) is 6.29 Å². The number of rotatable bonds is 1. The van der Waals surface area contributed by atoms with Crippen molar-refractivity contribution >= 4 is 6.29 Å². The fourth-order valence-corrected chi connectivity index (χ4v) is 1.02. The van der Waals surface area contributed by atoms with Crippen LogP contribution in [0.3, 0.4) is 0 Å². The van der Waals surface area contributed by atoms with Gasteiger partial charge in [0.1, 0.15) is 0 Å². The molecule has 0 aliphatic heterocycles. The quantitative estimate of drug-likeness (QED) is 0.449. The van der Waals surface area contributed by atoms with Gasteiger partial charge in [-0.15, -0.1) is 0 Å². The standard InChI is InChI=1S/C11H10O/c1-10-5-4-7-11(9-10)6-2-3-8-12/h4-5,7-9H,6H2,1H3. The molecule has 1 aromatic rings. The van der Waals surface area contributed by atoms with Crippen LogP contribution in [-0.2, 0) is 11.2 Å². The summed E-state index contributed by atoms with van der Waals surface area (Å²) in [6.45, 7) is 2.04. The van der Waals surface area contributed by atoms with Crippen molar-refractivity contribution in [2.75, 3.05) is 0 Å². The molecule has 0 spiro atoms. The van der Waals surface area contributed by atoms with Gasteiger partial charge in [-0.1, -0.05) is 35.7 Å². The van der Waals surface area contributed by atoms with Gasteiger partial charge in [0.25, 0.3) is 0 Å². The molecule has 1 nitrogen and oxygen atoms in total. The minimum absolute atomic E-state index is 0.621. The summed E-state index contributed by atoms with van der Waals surface area (Å²) in [4.78, 5) is 9.89. The van der Waals surface area contributed by atoms with Gasteiger partial charge in [-0.3, -0.25) is 4.79 Å². The third kappa shape index (κ3) is 2.59. The van der Waals surface area contributed by atoms with Crippen LogP contribution in [0, 0.1) is 18.8 Å². The van der Waals surface area contributed by atoms with E-state index in [4.69, 9.17) is 0 Å². The molecule has 0 aliphatic rings. The summed E-state index contributed by atoms with van der Waals surface area (Å²) in [7, 11) is 0. The molecule has 0 unspecified atom stereocenters. The summed E-state index contributed by atoms with van der Waals surface area (Å²) < 4.78 is 0. The van der Waals surface area contributed by atoms with Crippen LogP contribution in [0.15, 0.2) is 24.3 Å². The second-order valence-electron chi connectivity index (χ2n) is 2.60. The number of hydrogen-bond acceptors (Lipinski definition) is 1. The van der Waals surface area contributed by atoms with E-state index in [-0.39, 0.29) is 0 Å². The Morgan fingerprint density at radius 1 is 1.50 bits per heavy atom. The van der Waals surface area contributed by atoms with Gasteiger partial charge < -0.3 is 0 Å². The number of aldehydes is 1. The van der Waals surface area contributed by atoms with Gasteiger partial charge in [0, 0.05) is 6.42 Å². The van der Waals surface area contributed by atoms with Gasteiger partial charge in [-0.05, 0) is 18.4 Å². The molecule has 0 N–H and O–H groups in total. The van der Waals surface area contributed by atoms with E-state index >= 15 is 0 Å². The predicted molar refractivity (Wildman–Crippen MR) is 48.7 cm³/mol. The molecule has 0 bridgehead atoms. The highest BCUT2D eigenvalue weighted by atomic mass is 16.1. The average molecular weight is 158 g/mol. The Morgan fingerprint density at radius 2 is 2.33 bits per heavy atom. The van der Waals surface area contributed by atoms with Gasteiger partial charge in [0.05, 0.1) is 0 Å². The molecule has 0 radical (unpaired) electrons. The third-order valence-electron chi connectivity index (χ3n) is 1.54. The first-order valence-corrected chi connectivity index (χ1v) is 3.80. The zero-order valence-corrected chi connectivity index (χ0v) is 7.00. The van der Waals surface area contributed by atoms with E-state index in [0.29, 0.717) is 12.7 Å². The maximum absolute atomic E-state index is 9.89. The molecule has 0 aromatic heterocycles. The lowest BCUT2D eigenvalue weighted by molar-refractivity contribution is -0.103. The van der Waals surface area contributed by atoms with Crippen LogP contribution in [0.2, 0.25) is 0 Å². The minimum Gasteiger partial charge on any atom is -0.289 e. The highest BCUT2D eigenvalue weighted by molar-refractivity contribution is 5.72. The second-order valence-corrected chi connectivity index (χ2v) is 2.60. The summed E-state index contributed by atoms with van der Waals surface area (Å²) in [6.07, 6.45) is 1.27. The molecule has 0 amide bonds. The molecule has 60 valence electrons. The van der Waals surface area contributed by atoms with Gasteiger partial charge in [-0.25, -0.2) is 0 Å². The fraction of sp³-hybridized carbons (Fsp3) is 0.182. The summed E-state index contributed by atoms with van der Waals surface area (Å²) in [5.74, 6) is 5.15. The lowest BCUT2D eigenvalue weighted by Crippen LogP contribution is -1.81. The molecule has 12 heavy (non-hydrogen) atoms. The van der Waals surface area contributed by atoms with Crippen LogP contribution in [0.5, 0.6) is 0 Å². The summed E-state index contributed by atoms with van der Waals surface area (Å²) in [6, 6.07) is 8.11. The van der Waals surface area contributed by atoms with Crippen LogP contribution >= 0.6 is 0 Å². The van der Waals surface area contributed by atoms with Crippen LogP contribution < -0.4 is 0 Å². The molecule has 0 atom stereocenters. The molecule has 0 saturated heterocycles. The van der Waals surface area contributed by atoms with Crippen molar-refractivity contribution in [2.45, 2.75) is 13.3 Å². The summed E-state index contributed by atoms with van der Waals surface area (Å²) in [5.41, 5.74) is 2.38. The topological polar surface area (TPSA) is 17.1 Å². The van der Waals surface area contributed by atoms with Gasteiger partial charge in [0.15, 0.2) is 6.29 Å². The van der Waals surface area contributed by atoms with E-state index in [1.165, 1.54) is 5.56 Å². The molecule has 0 aliphatic carbocycles. The first kappa shape index (κ1) is 8.55. The van der Waals surface area contributed by atoms with Gasteiger partial charge in [0.2, 0.25) is 0 Å². The Hall–Kier alpha value is -1.55. The van der Waals surface area contributed by atoms with Crippen LogP contribution in [0.25, 0.3) is 0 Å². The van der Waals surface area contributed by atoms with Gasteiger partial charge in [-0.2, -0.15) is 0 Å². The lowest BCUT2D eigenvalue weighted by atomic mass is 10.1. The Morgan fingerprint density at radius 3 is 3.00 bits per heavy atom. The van der Waals surface area contributed by atoms with E-state index in [9.17, 15) is 4.79 Å². The number of hydrogen-bond donors (Lipinski definition) is 0. The summed E-state index contributed by atoms with van der Waals surface area (Å²) in [5, 5.41) is 0. The van der Waals surface area contributed by atoms with E-state index in [0.717, 1.165) is 5.56 Å². The van der Waals surface area contributed by atoms with Crippen LogP contribution in [0.4, 0.5) is 0 Å². The van der Waals surface area contributed by atoms with Gasteiger partial charge >= 0.3 is 0 Å². The van der Waals surface area contributed by atoms with Crippen molar-refractivity contribution in [3.8, 4) is 11.8 Å². The Bertz CT molecular complexity index is 328. The Balaban J connectivity index is 2.69.